The maximum atomic E-state index is 12.8. The molecule has 1 rings (SSSR count). The molecule has 0 amide bonds. The van der Waals surface area contributed by atoms with Crippen molar-refractivity contribution in [1.29, 1.82) is 0 Å². The van der Waals surface area contributed by atoms with Crippen LogP contribution in [0.3, 0.4) is 0 Å². The monoisotopic (exact) mass is 332 g/mol. The number of hydrogen-bond donors (Lipinski definition) is 0. The van der Waals surface area contributed by atoms with Crippen LogP contribution in [0.15, 0.2) is 10.5 Å². The molecular weight excluding hydrogens is 311 g/mol. The highest BCUT2D eigenvalue weighted by molar-refractivity contribution is 7.55. The van der Waals surface area contributed by atoms with Crippen LogP contribution in [0.4, 0.5) is 0 Å². The summed E-state index contributed by atoms with van der Waals surface area (Å²) in [5.41, 5.74) is -0.859. The van der Waals surface area contributed by atoms with E-state index in [9.17, 15) is 14.2 Å². The van der Waals surface area contributed by atoms with Crippen molar-refractivity contribution in [2.75, 3.05) is 19.8 Å². The second-order valence-electron chi connectivity index (χ2n) is 4.30. The highest BCUT2D eigenvalue weighted by Gasteiger charge is 2.39. The Hall–Kier alpha value is -1.43. The summed E-state index contributed by atoms with van der Waals surface area (Å²) in [7, 11) is -3.69. The number of esters is 1. The normalized spacial score (nSPS) is 12.9. The lowest BCUT2D eigenvalue weighted by atomic mass is 10.2. The molecule has 0 N–H and O–H groups in total. The first-order valence-corrected chi connectivity index (χ1v) is 8.66. The summed E-state index contributed by atoms with van der Waals surface area (Å²) in [6.45, 7) is 6.99. The van der Waals surface area contributed by atoms with Gasteiger partial charge in [0, 0.05) is 5.56 Å². The van der Waals surface area contributed by atoms with Crippen molar-refractivity contribution in [2.45, 2.75) is 33.4 Å². The molecule has 0 aliphatic heterocycles. The quantitative estimate of drug-likeness (QED) is 0.389. The summed E-state index contributed by atoms with van der Waals surface area (Å²) in [5, 5.41) is 0. The number of aryl methyl sites for hydroxylation is 1. The zero-order valence-corrected chi connectivity index (χ0v) is 14.1. The van der Waals surface area contributed by atoms with E-state index < -0.39 is 19.2 Å². The van der Waals surface area contributed by atoms with Crippen molar-refractivity contribution in [3.63, 3.8) is 0 Å². The lowest BCUT2D eigenvalue weighted by Gasteiger charge is -2.21. The molecule has 0 radical (unpaired) electrons. The van der Waals surface area contributed by atoms with Crippen molar-refractivity contribution in [3.8, 4) is 0 Å². The SMILES string of the molecule is CCOC(=O)c1cc(C(C=O)P(=O)(OCC)OCC)c(C)o1. The van der Waals surface area contributed by atoms with E-state index in [0.717, 1.165) is 0 Å². The molecular formula is C14H21O7P. The van der Waals surface area contributed by atoms with Gasteiger partial charge in [0.2, 0.25) is 5.76 Å². The average Bonchev–Trinajstić information content (AvgIpc) is 2.82. The van der Waals surface area contributed by atoms with Crippen LogP contribution in [0, 0.1) is 6.92 Å². The Morgan fingerprint density at radius 1 is 1.27 bits per heavy atom. The average molecular weight is 332 g/mol. The van der Waals surface area contributed by atoms with Crippen molar-refractivity contribution in [3.05, 3.63) is 23.2 Å². The fourth-order valence-electron chi connectivity index (χ4n) is 1.97. The molecule has 0 aliphatic carbocycles. The second-order valence-corrected chi connectivity index (χ2v) is 6.45. The van der Waals surface area contributed by atoms with Gasteiger partial charge in [0.15, 0.2) is 0 Å². The molecule has 1 unspecified atom stereocenters. The summed E-state index contributed by atoms with van der Waals surface area (Å²) in [4.78, 5) is 23.2. The third kappa shape index (κ3) is 4.06. The van der Waals surface area contributed by atoms with Crippen molar-refractivity contribution in [2.24, 2.45) is 0 Å². The molecule has 7 nitrogen and oxygen atoms in total. The topological polar surface area (TPSA) is 92.0 Å². The predicted molar refractivity (Wildman–Crippen MR) is 79.1 cm³/mol. The molecule has 0 fully saturated rings. The third-order valence-corrected chi connectivity index (χ3v) is 5.16. The first-order chi connectivity index (χ1) is 10.4. The molecule has 0 saturated heterocycles. The van der Waals surface area contributed by atoms with Crippen molar-refractivity contribution < 1.29 is 32.4 Å². The summed E-state index contributed by atoms with van der Waals surface area (Å²) in [6.07, 6.45) is 0.485. The zero-order valence-electron chi connectivity index (χ0n) is 13.2. The molecule has 1 atom stereocenters. The van der Waals surface area contributed by atoms with E-state index in [2.05, 4.69) is 0 Å². The van der Waals surface area contributed by atoms with Crippen LogP contribution in [0.25, 0.3) is 0 Å². The van der Waals surface area contributed by atoms with Gasteiger partial charge in [-0.3, -0.25) is 4.57 Å². The summed E-state index contributed by atoms with van der Waals surface area (Å²) < 4.78 is 33.3. The highest BCUT2D eigenvalue weighted by atomic mass is 31.2. The smallest absolute Gasteiger partial charge is 0.374 e. The Bertz CT molecular complexity index is 554. The van der Waals surface area contributed by atoms with Crippen LogP contribution in [-0.2, 0) is 23.1 Å². The molecule has 0 spiro atoms. The maximum absolute atomic E-state index is 12.8. The maximum Gasteiger partial charge on any atom is 0.374 e. The van der Waals surface area contributed by atoms with Gasteiger partial charge in [0.1, 0.15) is 17.7 Å². The lowest BCUT2D eigenvalue weighted by Crippen LogP contribution is -2.08. The summed E-state index contributed by atoms with van der Waals surface area (Å²) in [6, 6.07) is 1.34. The molecule has 1 aromatic rings. The minimum Gasteiger partial charge on any atom is -0.460 e. The number of hydrogen-bond acceptors (Lipinski definition) is 7. The van der Waals surface area contributed by atoms with Crippen molar-refractivity contribution >= 4 is 19.9 Å². The van der Waals surface area contributed by atoms with Gasteiger partial charge in [0.25, 0.3) is 0 Å². The van der Waals surface area contributed by atoms with Crippen LogP contribution < -0.4 is 0 Å². The van der Waals surface area contributed by atoms with Gasteiger partial charge < -0.3 is 23.0 Å². The molecule has 0 bridgehead atoms. The van der Waals surface area contributed by atoms with E-state index in [-0.39, 0.29) is 25.6 Å². The number of ether oxygens (including phenoxy) is 1. The van der Waals surface area contributed by atoms with Gasteiger partial charge in [-0.2, -0.15) is 0 Å². The highest BCUT2D eigenvalue weighted by Crippen LogP contribution is 2.60. The molecule has 22 heavy (non-hydrogen) atoms. The Labute approximate surface area is 129 Å². The van der Waals surface area contributed by atoms with Crippen LogP contribution in [0.1, 0.15) is 48.3 Å². The van der Waals surface area contributed by atoms with Crippen LogP contribution >= 0.6 is 7.60 Å². The largest absolute Gasteiger partial charge is 0.460 e. The second kappa shape index (κ2) is 8.27. The van der Waals surface area contributed by atoms with E-state index in [1.54, 1.807) is 27.7 Å². The molecule has 124 valence electrons. The summed E-state index contributed by atoms with van der Waals surface area (Å²) >= 11 is 0. The molecule has 0 saturated carbocycles. The van der Waals surface area contributed by atoms with Crippen LogP contribution in [-0.4, -0.2) is 32.1 Å². The number of carbonyl (C=O) groups is 2. The minimum atomic E-state index is -3.69. The number of carbonyl (C=O) groups excluding carboxylic acids is 2. The first-order valence-electron chi connectivity index (χ1n) is 7.04. The first kappa shape index (κ1) is 18.6. The summed E-state index contributed by atoms with van der Waals surface area (Å²) in [5.74, 6) is -0.412. The predicted octanol–water partition coefficient (Wildman–Crippen LogP) is 3.27. The van der Waals surface area contributed by atoms with E-state index in [1.165, 1.54) is 6.07 Å². The Morgan fingerprint density at radius 2 is 1.86 bits per heavy atom. The number of rotatable bonds is 9. The lowest BCUT2D eigenvalue weighted by molar-refractivity contribution is -0.108. The van der Waals surface area contributed by atoms with Crippen LogP contribution in [0.2, 0.25) is 0 Å². The number of aldehydes is 1. The molecule has 0 aromatic carbocycles. The van der Waals surface area contributed by atoms with E-state index in [4.69, 9.17) is 18.2 Å². The minimum absolute atomic E-state index is 0.0549. The van der Waals surface area contributed by atoms with Gasteiger partial charge in [0.05, 0.1) is 19.8 Å². The Morgan fingerprint density at radius 3 is 2.32 bits per heavy atom. The van der Waals surface area contributed by atoms with E-state index >= 15 is 0 Å². The molecule has 0 aliphatic rings. The van der Waals surface area contributed by atoms with Gasteiger partial charge in [-0.15, -0.1) is 0 Å². The fraction of sp³-hybridized carbons (Fsp3) is 0.571. The molecule has 1 aromatic heterocycles. The zero-order chi connectivity index (χ0) is 16.8. The van der Waals surface area contributed by atoms with E-state index in [0.29, 0.717) is 17.6 Å². The molecule has 8 heteroatoms. The van der Waals surface area contributed by atoms with E-state index in [1.807, 2.05) is 0 Å². The molecule has 1 heterocycles. The fourth-order valence-corrected chi connectivity index (χ4v) is 3.83. The van der Waals surface area contributed by atoms with Gasteiger partial charge >= 0.3 is 13.6 Å². The van der Waals surface area contributed by atoms with Crippen molar-refractivity contribution in [1.82, 2.24) is 0 Å². The number of furan rings is 1. The standard InChI is InChI=1S/C14H21O7P/c1-5-18-14(16)12-8-11(10(4)21-12)13(9-15)22(17,19-6-2)20-7-3/h8-9,13H,5-7H2,1-4H3. The Balaban J connectivity index is 3.21. The van der Waals surface area contributed by atoms with Gasteiger partial charge in [-0.1, -0.05) is 0 Å². The van der Waals surface area contributed by atoms with Gasteiger partial charge in [-0.05, 0) is 33.8 Å². The van der Waals surface area contributed by atoms with Crippen LogP contribution in [0.5, 0.6) is 0 Å². The Kier molecular flexibility index (Phi) is 7.00. The third-order valence-electron chi connectivity index (χ3n) is 2.84. The van der Waals surface area contributed by atoms with Gasteiger partial charge in [-0.25, -0.2) is 4.79 Å².